The second-order valence-corrected chi connectivity index (χ2v) is 8.25. The predicted octanol–water partition coefficient (Wildman–Crippen LogP) is 3.39. The van der Waals surface area contributed by atoms with Gasteiger partial charge in [0.1, 0.15) is 5.82 Å². The van der Waals surface area contributed by atoms with Gasteiger partial charge in [0, 0.05) is 44.3 Å². The Balaban J connectivity index is 1.27. The highest BCUT2D eigenvalue weighted by molar-refractivity contribution is 7.09. The molecule has 2 fully saturated rings. The van der Waals surface area contributed by atoms with E-state index in [1.165, 1.54) is 28.2 Å². The summed E-state index contributed by atoms with van der Waals surface area (Å²) < 4.78 is 9.50. The van der Waals surface area contributed by atoms with Gasteiger partial charge in [0.05, 0.1) is 13.2 Å². The molecular weight excluding hydrogens is 386 g/mol. The summed E-state index contributed by atoms with van der Waals surface area (Å²) in [6.07, 6.45) is 4.07. The van der Waals surface area contributed by atoms with E-state index in [0.717, 1.165) is 58.8 Å². The maximum atomic E-state index is 12.4. The molecule has 3 heterocycles. The van der Waals surface area contributed by atoms with Gasteiger partial charge in [-0.15, -0.1) is 0 Å². The maximum absolute atomic E-state index is 12.4. The molecular formula is C21H27N5O2S. The van der Waals surface area contributed by atoms with Gasteiger partial charge in [-0.3, -0.25) is 10.2 Å². The van der Waals surface area contributed by atoms with Crippen molar-refractivity contribution in [2.45, 2.75) is 26.3 Å². The summed E-state index contributed by atoms with van der Waals surface area (Å²) in [5.74, 6) is 0.685. The lowest BCUT2D eigenvalue weighted by atomic mass is 10.0. The average Bonchev–Trinajstić information content (AvgIpc) is 3.15. The molecule has 8 heteroatoms. The SMILES string of the molecule is Cc1nsc(NC(=O)N2CCC(=Cc3ccc(CN4CCOCC4)cc3)CC2)n1. The molecule has 2 amide bonds. The third-order valence-electron chi connectivity index (χ3n) is 5.29. The smallest absolute Gasteiger partial charge is 0.323 e. The van der Waals surface area contributed by atoms with Gasteiger partial charge >= 0.3 is 6.03 Å². The fourth-order valence-electron chi connectivity index (χ4n) is 3.63. The number of rotatable bonds is 4. The van der Waals surface area contributed by atoms with E-state index in [-0.39, 0.29) is 6.03 Å². The van der Waals surface area contributed by atoms with Crippen molar-refractivity contribution < 1.29 is 9.53 Å². The van der Waals surface area contributed by atoms with Gasteiger partial charge in [0.15, 0.2) is 0 Å². The molecule has 2 aromatic rings. The lowest BCUT2D eigenvalue weighted by molar-refractivity contribution is 0.0342. The summed E-state index contributed by atoms with van der Waals surface area (Å²) in [4.78, 5) is 20.8. The number of benzene rings is 1. The van der Waals surface area contributed by atoms with Crippen LogP contribution in [0.25, 0.3) is 6.08 Å². The summed E-state index contributed by atoms with van der Waals surface area (Å²) in [5.41, 5.74) is 3.96. The first-order valence-corrected chi connectivity index (χ1v) is 10.9. The van der Waals surface area contributed by atoms with Gasteiger partial charge in [-0.1, -0.05) is 35.9 Å². The minimum absolute atomic E-state index is 0.0901. The largest absolute Gasteiger partial charge is 0.379 e. The number of hydrogen-bond donors (Lipinski definition) is 1. The molecule has 0 unspecified atom stereocenters. The monoisotopic (exact) mass is 413 g/mol. The molecule has 2 aliphatic heterocycles. The van der Waals surface area contributed by atoms with Gasteiger partial charge in [-0.05, 0) is 30.9 Å². The van der Waals surface area contributed by atoms with Crippen LogP contribution in [-0.4, -0.2) is 64.6 Å². The van der Waals surface area contributed by atoms with E-state index in [1.807, 2.05) is 11.8 Å². The molecule has 0 atom stereocenters. The van der Waals surface area contributed by atoms with Crippen LogP contribution in [0.2, 0.25) is 0 Å². The number of nitrogens with one attached hydrogen (secondary N) is 1. The number of morpholine rings is 1. The van der Waals surface area contributed by atoms with Gasteiger partial charge in [0.25, 0.3) is 0 Å². The fraction of sp³-hybridized carbons (Fsp3) is 0.476. The Labute approximate surface area is 175 Å². The van der Waals surface area contributed by atoms with E-state index in [9.17, 15) is 4.79 Å². The Hall–Kier alpha value is -2.29. The van der Waals surface area contributed by atoms with Crippen molar-refractivity contribution in [1.29, 1.82) is 0 Å². The number of aryl methyl sites for hydroxylation is 1. The van der Waals surface area contributed by atoms with Crippen molar-refractivity contribution in [3.8, 4) is 0 Å². The molecule has 0 bridgehead atoms. The molecule has 0 spiro atoms. The average molecular weight is 414 g/mol. The number of carbonyl (C=O) groups excluding carboxylic acids is 1. The molecule has 4 rings (SSSR count). The van der Waals surface area contributed by atoms with Gasteiger partial charge in [-0.2, -0.15) is 4.37 Å². The van der Waals surface area contributed by atoms with Gasteiger partial charge in [-0.25, -0.2) is 9.78 Å². The minimum Gasteiger partial charge on any atom is -0.379 e. The van der Waals surface area contributed by atoms with Gasteiger partial charge in [0.2, 0.25) is 5.13 Å². The molecule has 29 heavy (non-hydrogen) atoms. The highest BCUT2D eigenvalue weighted by atomic mass is 32.1. The maximum Gasteiger partial charge on any atom is 0.323 e. The summed E-state index contributed by atoms with van der Waals surface area (Å²) in [6, 6.07) is 8.73. The van der Waals surface area contributed by atoms with E-state index in [0.29, 0.717) is 11.0 Å². The number of likely N-dealkylation sites (tertiary alicyclic amines) is 1. The molecule has 154 valence electrons. The number of amides is 2. The third-order valence-corrected chi connectivity index (χ3v) is 6.02. The van der Waals surface area contributed by atoms with Crippen LogP contribution in [0, 0.1) is 6.92 Å². The number of carbonyl (C=O) groups is 1. The van der Waals surface area contributed by atoms with Crippen LogP contribution < -0.4 is 5.32 Å². The van der Waals surface area contributed by atoms with Crippen LogP contribution in [0.3, 0.4) is 0 Å². The quantitative estimate of drug-likeness (QED) is 0.832. The highest BCUT2D eigenvalue weighted by Gasteiger charge is 2.20. The lowest BCUT2D eigenvalue weighted by Crippen LogP contribution is -2.39. The number of aromatic nitrogens is 2. The number of hydrogen-bond acceptors (Lipinski definition) is 6. The van der Waals surface area contributed by atoms with Crippen molar-refractivity contribution in [1.82, 2.24) is 19.2 Å². The minimum atomic E-state index is -0.0901. The van der Waals surface area contributed by atoms with Crippen LogP contribution in [0.1, 0.15) is 29.8 Å². The van der Waals surface area contributed by atoms with E-state index >= 15 is 0 Å². The topological polar surface area (TPSA) is 70.6 Å². The number of ether oxygens (including phenoxy) is 1. The fourth-order valence-corrected chi connectivity index (χ4v) is 4.20. The number of nitrogens with zero attached hydrogens (tertiary/aromatic N) is 4. The molecule has 0 aliphatic carbocycles. The lowest BCUT2D eigenvalue weighted by Gasteiger charge is -2.28. The molecule has 2 aliphatic rings. The first kappa shape index (κ1) is 20.0. The number of urea groups is 1. The Bertz CT molecular complexity index is 848. The number of piperidine rings is 1. The highest BCUT2D eigenvalue weighted by Crippen LogP contribution is 2.21. The Morgan fingerprint density at radius 2 is 1.90 bits per heavy atom. The molecule has 0 radical (unpaired) electrons. The normalized spacial score (nSPS) is 18.0. The molecule has 1 N–H and O–H groups in total. The zero-order valence-electron chi connectivity index (χ0n) is 16.8. The van der Waals surface area contributed by atoms with Gasteiger partial charge < -0.3 is 9.64 Å². The van der Waals surface area contributed by atoms with E-state index in [4.69, 9.17) is 4.74 Å². The third kappa shape index (κ3) is 5.62. The Kier molecular flexibility index (Phi) is 6.53. The van der Waals surface area contributed by atoms with Crippen LogP contribution in [0.15, 0.2) is 29.8 Å². The van der Waals surface area contributed by atoms with Crippen molar-refractivity contribution in [2.75, 3.05) is 44.7 Å². The van der Waals surface area contributed by atoms with Crippen molar-refractivity contribution in [3.63, 3.8) is 0 Å². The summed E-state index contributed by atoms with van der Waals surface area (Å²) in [6.45, 7) is 7.94. The van der Waals surface area contributed by atoms with Crippen molar-refractivity contribution >= 4 is 28.8 Å². The van der Waals surface area contributed by atoms with Crippen LogP contribution in [0.4, 0.5) is 9.93 Å². The summed E-state index contributed by atoms with van der Waals surface area (Å²) in [7, 11) is 0. The number of anilines is 1. The zero-order chi connectivity index (χ0) is 20.1. The van der Waals surface area contributed by atoms with E-state index < -0.39 is 0 Å². The van der Waals surface area contributed by atoms with E-state index in [2.05, 4.69) is 49.9 Å². The van der Waals surface area contributed by atoms with Crippen molar-refractivity contribution in [2.24, 2.45) is 0 Å². The first-order valence-electron chi connectivity index (χ1n) is 10.1. The van der Waals surface area contributed by atoms with Crippen molar-refractivity contribution in [3.05, 3.63) is 46.8 Å². The van der Waals surface area contributed by atoms with Crippen LogP contribution in [-0.2, 0) is 11.3 Å². The Morgan fingerprint density at radius 1 is 1.17 bits per heavy atom. The molecule has 2 saturated heterocycles. The molecule has 1 aromatic carbocycles. The standard InChI is InChI=1S/C21H27N5O2S/c1-16-22-20(29-24-16)23-21(27)26-8-6-18(7-9-26)14-17-2-4-19(5-3-17)15-25-10-12-28-13-11-25/h2-5,14H,6-13,15H2,1H3,(H,22,23,24,27). The predicted molar refractivity (Wildman–Crippen MR) is 115 cm³/mol. The second kappa shape index (κ2) is 9.47. The van der Waals surface area contributed by atoms with Crippen LogP contribution >= 0.6 is 11.5 Å². The zero-order valence-corrected chi connectivity index (χ0v) is 17.6. The second-order valence-electron chi connectivity index (χ2n) is 7.50. The summed E-state index contributed by atoms with van der Waals surface area (Å²) >= 11 is 1.22. The van der Waals surface area contributed by atoms with E-state index in [1.54, 1.807) is 0 Å². The molecule has 7 nitrogen and oxygen atoms in total. The molecule has 0 saturated carbocycles. The molecule has 1 aromatic heterocycles. The first-order chi connectivity index (χ1) is 14.2. The Morgan fingerprint density at radius 3 is 2.55 bits per heavy atom. The summed E-state index contributed by atoms with van der Waals surface area (Å²) in [5, 5.41) is 3.40. The van der Waals surface area contributed by atoms with Crippen LogP contribution in [0.5, 0.6) is 0 Å².